The Kier molecular flexibility index (Phi) is 9.30. The Labute approximate surface area is 202 Å². The zero-order valence-corrected chi connectivity index (χ0v) is 20.8. The second-order valence-corrected chi connectivity index (χ2v) is 10.2. The summed E-state index contributed by atoms with van der Waals surface area (Å²) in [6.07, 6.45) is 4.34. The van der Waals surface area contributed by atoms with Gasteiger partial charge in [0.25, 0.3) is 0 Å². The van der Waals surface area contributed by atoms with Crippen molar-refractivity contribution in [3.8, 4) is 0 Å². The lowest BCUT2D eigenvalue weighted by Gasteiger charge is -2.29. The minimum Gasteiger partial charge on any atom is -0.352 e. The largest absolute Gasteiger partial charge is 0.352 e. The van der Waals surface area contributed by atoms with Gasteiger partial charge < -0.3 is 10.2 Å². The molecule has 0 radical (unpaired) electrons. The molecule has 31 heavy (non-hydrogen) atoms. The molecule has 2 aromatic carbocycles. The molecular weight excluding hydrogens is 496 g/mol. The van der Waals surface area contributed by atoms with Gasteiger partial charge in [0.1, 0.15) is 6.04 Å². The van der Waals surface area contributed by atoms with E-state index in [1.807, 2.05) is 55.5 Å². The van der Waals surface area contributed by atoms with Gasteiger partial charge in [-0.3, -0.25) is 9.59 Å². The molecular formula is C24H28BrClN2O2S. The Bertz CT molecular complexity index is 905. The molecule has 0 aliphatic heterocycles. The van der Waals surface area contributed by atoms with Crippen molar-refractivity contribution in [1.82, 2.24) is 10.2 Å². The van der Waals surface area contributed by atoms with Gasteiger partial charge in [0, 0.05) is 27.8 Å². The van der Waals surface area contributed by atoms with E-state index in [9.17, 15) is 9.59 Å². The molecule has 1 unspecified atom stereocenters. The highest BCUT2D eigenvalue weighted by Crippen LogP contribution is 2.23. The lowest BCUT2D eigenvalue weighted by molar-refractivity contribution is -0.138. The van der Waals surface area contributed by atoms with Gasteiger partial charge >= 0.3 is 0 Å². The van der Waals surface area contributed by atoms with Crippen LogP contribution in [0.3, 0.4) is 0 Å². The molecule has 1 atom stereocenters. The third kappa shape index (κ3) is 7.26. The Hall–Kier alpha value is -1.50. The number of carbonyl (C=O) groups is 2. The molecule has 1 N–H and O–H groups in total. The molecule has 1 fully saturated rings. The summed E-state index contributed by atoms with van der Waals surface area (Å²) in [7, 11) is 0. The van der Waals surface area contributed by atoms with E-state index in [1.54, 1.807) is 4.90 Å². The molecule has 0 spiro atoms. The van der Waals surface area contributed by atoms with Crippen LogP contribution in [0.25, 0.3) is 0 Å². The van der Waals surface area contributed by atoms with Gasteiger partial charge in [-0.15, -0.1) is 11.8 Å². The van der Waals surface area contributed by atoms with Crippen molar-refractivity contribution in [1.29, 1.82) is 0 Å². The Morgan fingerprint density at radius 2 is 1.94 bits per heavy atom. The quantitative estimate of drug-likeness (QED) is 0.451. The number of carbonyl (C=O) groups excluding carboxylic acids is 2. The summed E-state index contributed by atoms with van der Waals surface area (Å²) in [4.78, 5) is 27.8. The van der Waals surface area contributed by atoms with Crippen molar-refractivity contribution < 1.29 is 9.59 Å². The van der Waals surface area contributed by atoms with Gasteiger partial charge in [-0.25, -0.2) is 0 Å². The van der Waals surface area contributed by atoms with Crippen molar-refractivity contribution in [2.24, 2.45) is 0 Å². The van der Waals surface area contributed by atoms with Gasteiger partial charge in [-0.1, -0.05) is 70.7 Å². The summed E-state index contributed by atoms with van der Waals surface area (Å²) in [6.45, 7) is 2.21. The molecule has 3 rings (SSSR count). The third-order valence-corrected chi connectivity index (χ3v) is 7.38. The minimum atomic E-state index is -0.534. The first kappa shape index (κ1) is 24.1. The second-order valence-electron chi connectivity index (χ2n) is 7.90. The van der Waals surface area contributed by atoms with E-state index < -0.39 is 6.04 Å². The fourth-order valence-corrected chi connectivity index (χ4v) is 5.40. The van der Waals surface area contributed by atoms with E-state index in [4.69, 9.17) is 11.6 Å². The summed E-state index contributed by atoms with van der Waals surface area (Å²) in [5.74, 6) is 0.816. The SMILES string of the molecule is CC(C(=O)NC1CCCC1)N(Cc1cccc(Br)c1)C(=O)CSCc1ccccc1Cl. The summed E-state index contributed by atoms with van der Waals surface area (Å²) in [6, 6.07) is 15.2. The smallest absolute Gasteiger partial charge is 0.242 e. The van der Waals surface area contributed by atoms with Crippen LogP contribution in [0.1, 0.15) is 43.7 Å². The summed E-state index contributed by atoms with van der Waals surface area (Å²) in [5, 5.41) is 3.84. The zero-order valence-electron chi connectivity index (χ0n) is 17.7. The summed E-state index contributed by atoms with van der Waals surface area (Å²) in [5.41, 5.74) is 1.99. The van der Waals surface area contributed by atoms with Crippen LogP contribution in [0, 0.1) is 0 Å². The number of nitrogens with zero attached hydrogens (tertiary/aromatic N) is 1. The lowest BCUT2D eigenvalue weighted by Crippen LogP contribution is -2.50. The molecule has 2 aromatic rings. The Morgan fingerprint density at radius 3 is 2.65 bits per heavy atom. The molecule has 1 aliphatic carbocycles. The fraction of sp³-hybridized carbons (Fsp3) is 0.417. The van der Waals surface area contributed by atoms with Crippen LogP contribution >= 0.6 is 39.3 Å². The molecule has 7 heteroatoms. The normalized spacial score (nSPS) is 14.9. The zero-order chi connectivity index (χ0) is 22.2. The predicted octanol–water partition coefficient (Wildman–Crippen LogP) is 5.81. The van der Waals surface area contributed by atoms with Gasteiger partial charge in [0.05, 0.1) is 5.75 Å². The lowest BCUT2D eigenvalue weighted by atomic mass is 10.1. The first-order chi connectivity index (χ1) is 14.9. The van der Waals surface area contributed by atoms with Crippen molar-refractivity contribution in [3.63, 3.8) is 0 Å². The predicted molar refractivity (Wildman–Crippen MR) is 132 cm³/mol. The second kappa shape index (κ2) is 11.9. The molecule has 2 amide bonds. The monoisotopic (exact) mass is 522 g/mol. The number of benzene rings is 2. The maximum absolute atomic E-state index is 13.2. The van der Waals surface area contributed by atoms with Crippen LogP contribution < -0.4 is 5.32 Å². The number of hydrogen-bond acceptors (Lipinski definition) is 3. The first-order valence-electron chi connectivity index (χ1n) is 10.6. The maximum atomic E-state index is 13.2. The maximum Gasteiger partial charge on any atom is 0.242 e. The first-order valence-corrected chi connectivity index (χ1v) is 12.9. The number of nitrogens with one attached hydrogen (secondary N) is 1. The molecule has 1 saturated carbocycles. The number of rotatable bonds is 9. The van der Waals surface area contributed by atoms with Crippen LogP contribution in [0.2, 0.25) is 5.02 Å². The number of halogens is 2. The highest BCUT2D eigenvalue weighted by atomic mass is 79.9. The van der Waals surface area contributed by atoms with Crippen LogP contribution in [0.5, 0.6) is 0 Å². The molecule has 0 bridgehead atoms. The number of hydrogen-bond donors (Lipinski definition) is 1. The van der Waals surface area contributed by atoms with Crippen LogP contribution in [-0.2, 0) is 21.9 Å². The molecule has 166 valence electrons. The summed E-state index contributed by atoms with van der Waals surface area (Å²) < 4.78 is 0.952. The van der Waals surface area contributed by atoms with Crippen molar-refractivity contribution >= 4 is 51.1 Å². The number of amides is 2. The Balaban J connectivity index is 1.66. The standard InChI is InChI=1S/C24H28BrClN2O2S/c1-17(24(30)27-21-10-3-4-11-21)28(14-18-7-6-9-20(25)13-18)23(29)16-31-15-19-8-2-5-12-22(19)26/h2,5-9,12-13,17,21H,3-4,10-11,14-16H2,1H3,(H,27,30). The van der Waals surface area contributed by atoms with E-state index in [2.05, 4.69) is 21.2 Å². The van der Waals surface area contributed by atoms with E-state index in [0.29, 0.717) is 23.1 Å². The highest BCUT2D eigenvalue weighted by molar-refractivity contribution is 9.10. The molecule has 1 aliphatic rings. The third-order valence-electron chi connectivity index (χ3n) is 5.55. The molecule has 4 nitrogen and oxygen atoms in total. The van der Waals surface area contributed by atoms with Gasteiger partial charge in [0.15, 0.2) is 0 Å². The average Bonchev–Trinajstić information content (AvgIpc) is 3.26. The fourth-order valence-electron chi connectivity index (χ4n) is 3.75. The summed E-state index contributed by atoms with van der Waals surface area (Å²) >= 11 is 11.2. The van der Waals surface area contributed by atoms with Crippen LogP contribution in [0.15, 0.2) is 53.0 Å². The van der Waals surface area contributed by atoms with E-state index in [1.165, 1.54) is 11.8 Å². The van der Waals surface area contributed by atoms with Crippen LogP contribution in [-0.4, -0.2) is 34.6 Å². The van der Waals surface area contributed by atoms with Crippen molar-refractivity contribution in [2.75, 3.05) is 5.75 Å². The van der Waals surface area contributed by atoms with E-state index in [0.717, 1.165) is 41.3 Å². The van der Waals surface area contributed by atoms with Gasteiger partial charge in [-0.2, -0.15) is 0 Å². The van der Waals surface area contributed by atoms with E-state index in [-0.39, 0.29) is 17.9 Å². The van der Waals surface area contributed by atoms with E-state index >= 15 is 0 Å². The van der Waals surface area contributed by atoms with Crippen LogP contribution in [0.4, 0.5) is 0 Å². The molecule has 0 aromatic heterocycles. The number of thioether (sulfide) groups is 1. The molecule has 0 heterocycles. The molecule has 0 saturated heterocycles. The van der Waals surface area contributed by atoms with Crippen molar-refractivity contribution in [2.45, 2.75) is 57.0 Å². The highest BCUT2D eigenvalue weighted by Gasteiger charge is 2.28. The average molecular weight is 524 g/mol. The Morgan fingerprint density at radius 1 is 1.19 bits per heavy atom. The van der Waals surface area contributed by atoms with Gasteiger partial charge in [0.2, 0.25) is 11.8 Å². The van der Waals surface area contributed by atoms with Gasteiger partial charge in [-0.05, 0) is 49.1 Å². The van der Waals surface area contributed by atoms with Crippen molar-refractivity contribution in [3.05, 3.63) is 69.2 Å². The topological polar surface area (TPSA) is 49.4 Å². The minimum absolute atomic E-state index is 0.0499.